The summed E-state index contributed by atoms with van der Waals surface area (Å²) in [6, 6.07) is 15.2. The summed E-state index contributed by atoms with van der Waals surface area (Å²) in [4.78, 5) is 32.5. The number of hydrogen-bond donors (Lipinski definition) is 1. The SMILES string of the molecule is O=C(Nc1ncc(Cc2ccccc2F)s1)C(c1ccccc1)N1CCCCC1=O. The van der Waals surface area contributed by atoms with Gasteiger partial charge in [-0.1, -0.05) is 48.5 Å². The molecular formula is C23H22FN3O2S. The average Bonchev–Trinajstić information content (AvgIpc) is 3.19. The second-order valence-corrected chi connectivity index (χ2v) is 8.36. The highest BCUT2D eigenvalue weighted by Gasteiger charge is 2.33. The standard InChI is InChI=1S/C23H22FN3O2S/c24-19-11-5-4-10-17(19)14-18-15-25-23(30-18)26-22(29)21(16-8-2-1-3-9-16)27-13-7-6-12-20(27)28/h1-5,8-11,15,21H,6-7,12-14H2,(H,25,26,29). The topological polar surface area (TPSA) is 62.3 Å². The lowest BCUT2D eigenvalue weighted by atomic mass is 10.0. The maximum absolute atomic E-state index is 13.9. The van der Waals surface area contributed by atoms with Crippen molar-refractivity contribution in [2.45, 2.75) is 31.7 Å². The first-order valence-corrected chi connectivity index (χ1v) is 10.8. The van der Waals surface area contributed by atoms with Crippen LogP contribution in [0.1, 0.15) is 41.3 Å². The number of nitrogens with one attached hydrogen (secondary N) is 1. The second kappa shape index (κ2) is 9.17. The molecule has 3 aromatic rings. The van der Waals surface area contributed by atoms with E-state index < -0.39 is 6.04 Å². The molecule has 30 heavy (non-hydrogen) atoms. The molecule has 1 unspecified atom stereocenters. The minimum Gasteiger partial charge on any atom is -0.327 e. The van der Waals surface area contributed by atoms with Crippen molar-refractivity contribution < 1.29 is 14.0 Å². The van der Waals surface area contributed by atoms with Gasteiger partial charge in [0, 0.05) is 30.5 Å². The van der Waals surface area contributed by atoms with E-state index in [0.717, 1.165) is 23.3 Å². The minimum atomic E-state index is -0.696. The number of hydrogen-bond acceptors (Lipinski definition) is 4. The summed E-state index contributed by atoms with van der Waals surface area (Å²) in [5, 5.41) is 3.30. The molecule has 2 amide bonds. The third kappa shape index (κ3) is 4.57. The van der Waals surface area contributed by atoms with Crippen LogP contribution in [0.5, 0.6) is 0 Å². The van der Waals surface area contributed by atoms with Crippen molar-refractivity contribution in [1.82, 2.24) is 9.88 Å². The van der Waals surface area contributed by atoms with Crippen LogP contribution in [0.4, 0.5) is 9.52 Å². The number of benzene rings is 2. The lowest BCUT2D eigenvalue weighted by Gasteiger charge is -2.33. The van der Waals surface area contributed by atoms with E-state index in [4.69, 9.17) is 0 Å². The van der Waals surface area contributed by atoms with E-state index in [1.807, 2.05) is 30.3 Å². The van der Waals surface area contributed by atoms with E-state index in [9.17, 15) is 14.0 Å². The molecule has 0 aliphatic carbocycles. The number of thiazole rings is 1. The first kappa shape index (κ1) is 20.2. The van der Waals surface area contributed by atoms with Crippen molar-refractivity contribution in [1.29, 1.82) is 0 Å². The summed E-state index contributed by atoms with van der Waals surface area (Å²) in [6.07, 6.45) is 4.25. The molecule has 1 aliphatic rings. The number of carbonyl (C=O) groups is 2. The van der Waals surface area contributed by atoms with Gasteiger partial charge in [0.05, 0.1) is 0 Å². The van der Waals surface area contributed by atoms with Crippen molar-refractivity contribution in [3.8, 4) is 0 Å². The van der Waals surface area contributed by atoms with E-state index in [1.54, 1.807) is 29.3 Å². The van der Waals surface area contributed by atoms with Crippen LogP contribution in [0.25, 0.3) is 0 Å². The van der Waals surface area contributed by atoms with Gasteiger partial charge in [0.15, 0.2) is 5.13 Å². The Kier molecular flexibility index (Phi) is 6.18. The fraction of sp³-hybridized carbons (Fsp3) is 0.261. The zero-order valence-corrected chi connectivity index (χ0v) is 17.2. The van der Waals surface area contributed by atoms with Crippen molar-refractivity contribution in [2.24, 2.45) is 0 Å². The van der Waals surface area contributed by atoms with E-state index in [2.05, 4.69) is 10.3 Å². The lowest BCUT2D eigenvalue weighted by Crippen LogP contribution is -2.43. The average molecular weight is 424 g/mol. The normalized spacial score (nSPS) is 15.1. The Bertz CT molecular complexity index is 1040. The van der Waals surface area contributed by atoms with E-state index in [-0.39, 0.29) is 17.6 Å². The third-order valence-corrected chi connectivity index (χ3v) is 6.05. The van der Waals surface area contributed by atoms with Gasteiger partial charge in [0.25, 0.3) is 5.91 Å². The number of halogens is 1. The van der Waals surface area contributed by atoms with Gasteiger partial charge in [-0.3, -0.25) is 14.9 Å². The van der Waals surface area contributed by atoms with Gasteiger partial charge in [-0.05, 0) is 30.0 Å². The van der Waals surface area contributed by atoms with E-state index in [0.29, 0.717) is 30.1 Å². The van der Waals surface area contributed by atoms with Gasteiger partial charge in [-0.25, -0.2) is 9.37 Å². The van der Waals surface area contributed by atoms with Crippen LogP contribution in [0.3, 0.4) is 0 Å². The van der Waals surface area contributed by atoms with Crippen LogP contribution in [0.15, 0.2) is 60.8 Å². The molecule has 2 heterocycles. The van der Waals surface area contributed by atoms with E-state index in [1.165, 1.54) is 17.4 Å². The molecule has 4 rings (SSSR count). The van der Waals surface area contributed by atoms with Crippen LogP contribution in [0.2, 0.25) is 0 Å². The van der Waals surface area contributed by atoms with Crippen LogP contribution < -0.4 is 5.32 Å². The highest BCUT2D eigenvalue weighted by Crippen LogP contribution is 2.28. The molecule has 1 aliphatic heterocycles. The monoisotopic (exact) mass is 423 g/mol. The molecule has 7 heteroatoms. The highest BCUT2D eigenvalue weighted by atomic mass is 32.1. The number of anilines is 1. The van der Waals surface area contributed by atoms with Gasteiger partial charge < -0.3 is 4.90 Å². The fourth-order valence-electron chi connectivity index (χ4n) is 3.66. The van der Waals surface area contributed by atoms with Crippen molar-refractivity contribution in [3.05, 3.63) is 82.6 Å². The third-order valence-electron chi connectivity index (χ3n) is 5.14. The summed E-state index contributed by atoms with van der Waals surface area (Å²) < 4.78 is 13.9. The molecule has 0 spiro atoms. The van der Waals surface area contributed by atoms with Crippen LogP contribution >= 0.6 is 11.3 Å². The Morgan fingerprint density at radius 2 is 1.90 bits per heavy atom. The number of piperidine rings is 1. The predicted octanol–water partition coefficient (Wildman–Crippen LogP) is 4.57. The first-order valence-electron chi connectivity index (χ1n) is 9.95. The molecule has 5 nitrogen and oxygen atoms in total. The van der Waals surface area contributed by atoms with Gasteiger partial charge >= 0.3 is 0 Å². The van der Waals surface area contributed by atoms with Crippen molar-refractivity contribution >= 4 is 28.3 Å². The molecule has 0 bridgehead atoms. The number of aromatic nitrogens is 1. The Morgan fingerprint density at radius 1 is 1.13 bits per heavy atom. The highest BCUT2D eigenvalue weighted by molar-refractivity contribution is 7.15. The van der Waals surface area contributed by atoms with Crippen LogP contribution in [-0.4, -0.2) is 28.2 Å². The summed E-state index contributed by atoms with van der Waals surface area (Å²) >= 11 is 1.31. The quantitative estimate of drug-likeness (QED) is 0.632. The Balaban J connectivity index is 1.52. The van der Waals surface area contributed by atoms with Crippen LogP contribution in [-0.2, 0) is 16.0 Å². The summed E-state index contributed by atoms with van der Waals surface area (Å²) in [7, 11) is 0. The molecule has 1 fully saturated rings. The number of likely N-dealkylation sites (tertiary alicyclic amines) is 1. The Labute approximate surface area is 178 Å². The largest absolute Gasteiger partial charge is 0.327 e. The van der Waals surface area contributed by atoms with Crippen LogP contribution in [0, 0.1) is 5.82 Å². The molecule has 1 N–H and O–H groups in total. The van der Waals surface area contributed by atoms with Crippen molar-refractivity contribution in [3.63, 3.8) is 0 Å². The number of nitrogens with zero attached hydrogens (tertiary/aromatic N) is 2. The molecule has 1 saturated heterocycles. The smallest absolute Gasteiger partial charge is 0.253 e. The number of rotatable bonds is 6. The maximum atomic E-state index is 13.9. The second-order valence-electron chi connectivity index (χ2n) is 7.25. The predicted molar refractivity (Wildman–Crippen MR) is 115 cm³/mol. The molecule has 1 aromatic heterocycles. The zero-order chi connectivity index (χ0) is 20.9. The first-order chi connectivity index (χ1) is 14.6. The molecular weight excluding hydrogens is 401 g/mol. The minimum absolute atomic E-state index is 0.00960. The zero-order valence-electron chi connectivity index (χ0n) is 16.4. The number of amides is 2. The summed E-state index contributed by atoms with van der Waals surface area (Å²) in [5.74, 6) is -0.558. The van der Waals surface area contributed by atoms with Gasteiger partial charge in [0.2, 0.25) is 5.91 Å². The molecule has 0 radical (unpaired) electrons. The maximum Gasteiger partial charge on any atom is 0.253 e. The fourth-order valence-corrected chi connectivity index (χ4v) is 4.50. The van der Waals surface area contributed by atoms with E-state index >= 15 is 0 Å². The number of carbonyl (C=O) groups excluding carboxylic acids is 2. The summed E-state index contributed by atoms with van der Waals surface area (Å²) in [6.45, 7) is 0.558. The summed E-state index contributed by atoms with van der Waals surface area (Å²) in [5.41, 5.74) is 1.36. The molecule has 2 aromatic carbocycles. The van der Waals surface area contributed by atoms with Gasteiger partial charge in [-0.2, -0.15) is 0 Å². The van der Waals surface area contributed by atoms with Gasteiger partial charge in [0.1, 0.15) is 11.9 Å². The molecule has 1 atom stereocenters. The molecule has 154 valence electrons. The molecule has 0 saturated carbocycles. The van der Waals surface area contributed by atoms with Crippen molar-refractivity contribution in [2.75, 3.05) is 11.9 Å². The Morgan fingerprint density at radius 3 is 2.67 bits per heavy atom. The van der Waals surface area contributed by atoms with Gasteiger partial charge in [-0.15, -0.1) is 11.3 Å². The Hall–Kier alpha value is -3.06. The lowest BCUT2D eigenvalue weighted by molar-refractivity contribution is -0.141.